The maximum Gasteiger partial charge on any atom is 0.329 e. The average molecular weight is 317 g/mol. The number of fused-ring (bicyclic) bond motifs is 1. The van der Waals surface area contributed by atoms with Gasteiger partial charge in [0.15, 0.2) is 0 Å². The van der Waals surface area contributed by atoms with Crippen molar-refractivity contribution >= 4 is 17.8 Å². The van der Waals surface area contributed by atoms with E-state index in [0.717, 1.165) is 37.0 Å². The summed E-state index contributed by atoms with van der Waals surface area (Å²) in [6.45, 7) is 2.13. The highest BCUT2D eigenvalue weighted by molar-refractivity contribution is 6.22. The van der Waals surface area contributed by atoms with Crippen LogP contribution in [0.5, 0.6) is 0 Å². The van der Waals surface area contributed by atoms with E-state index >= 15 is 0 Å². The maximum atomic E-state index is 12.5. The number of benzene rings is 1. The Kier molecular flexibility index (Phi) is 5.90. The minimum Gasteiger partial charge on any atom is -0.467 e. The van der Waals surface area contributed by atoms with Crippen molar-refractivity contribution in [3.63, 3.8) is 0 Å². The smallest absolute Gasteiger partial charge is 0.329 e. The first-order valence-electron chi connectivity index (χ1n) is 8.16. The van der Waals surface area contributed by atoms with E-state index < -0.39 is 23.8 Å². The van der Waals surface area contributed by atoms with Crippen molar-refractivity contribution in [2.24, 2.45) is 0 Å². The van der Waals surface area contributed by atoms with E-state index in [1.54, 1.807) is 24.3 Å². The van der Waals surface area contributed by atoms with Crippen LogP contribution >= 0.6 is 0 Å². The van der Waals surface area contributed by atoms with Crippen LogP contribution in [0.25, 0.3) is 0 Å². The minimum absolute atomic E-state index is 0.359. The van der Waals surface area contributed by atoms with Gasteiger partial charge in [0.25, 0.3) is 11.8 Å². The Hall–Kier alpha value is -2.17. The Morgan fingerprint density at radius 1 is 1.04 bits per heavy atom. The molecule has 2 rings (SSSR count). The van der Waals surface area contributed by atoms with Gasteiger partial charge >= 0.3 is 5.97 Å². The predicted molar refractivity (Wildman–Crippen MR) is 86.1 cm³/mol. The minimum atomic E-state index is -0.839. The quantitative estimate of drug-likeness (QED) is 0.420. The van der Waals surface area contributed by atoms with Crippen LogP contribution in [-0.4, -0.2) is 35.8 Å². The Morgan fingerprint density at radius 3 is 2.13 bits per heavy atom. The summed E-state index contributed by atoms with van der Waals surface area (Å²) in [7, 11) is 1.28. The summed E-state index contributed by atoms with van der Waals surface area (Å²) in [6, 6.07) is 5.82. The number of unbranched alkanes of at least 4 members (excludes halogenated alkanes) is 4. The van der Waals surface area contributed by atoms with E-state index in [1.807, 2.05) is 0 Å². The number of imide groups is 1. The van der Waals surface area contributed by atoms with Gasteiger partial charge in [-0.2, -0.15) is 0 Å². The first-order chi connectivity index (χ1) is 11.1. The molecule has 1 aliphatic rings. The lowest BCUT2D eigenvalue weighted by molar-refractivity contribution is -0.145. The zero-order chi connectivity index (χ0) is 16.8. The number of esters is 1. The molecule has 1 aromatic rings. The fourth-order valence-electron chi connectivity index (χ4n) is 2.92. The Morgan fingerprint density at radius 2 is 1.61 bits per heavy atom. The fourth-order valence-corrected chi connectivity index (χ4v) is 2.92. The molecule has 0 aliphatic carbocycles. The van der Waals surface area contributed by atoms with Gasteiger partial charge in [-0.25, -0.2) is 4.79 Å². The molecule has 1 unspecified atom stereocenters. The van der Waals surface area contributed by atoms with Crippen LogP contribution in [0.2, 0.25) is 0 Å². The number of hydrogen-bond donors (Lipinski definition) is 0. The molecule has 0 N–H and O–H groups in total. The van der Waals surface area contributed by atoms with Crippen LogP contribution in [0.3, 0.4) is 0 Å². The number of amides is 2. The molecule has 0 radical (unpaired) electrons. The number of rotatable bonds is 8. The van der Waals surface area contributed by atoms with E-state index in [2.05, 4.69) is 6.92 Å². The molecule has 0 bridgehead atoms. The van der Waals surface area contributed by atoms with Crippen LogP contribution in [0.4, 0.5) is 0 Å². The fraction of sp³-hybridized carbons (Fsp3) is 0.500. The van der Waals surface area contributed by atoms with Gasteiger partial charge in [-0.15, -0.1) is 0 Å². The summed E-state index contributed by atoms with van der Waals surface area (Å²) >= 11 is 0. The van der Waals surface area contributed by atoms with E-state index in [-0.39, 0.29) is 0 Å². The SMILES string of the molecule is CCCCCCCC(C(=O)OC)N1C(=O)c2ccccc2C1=O. The molecular formula is C18H23NO4. The summed E-state index contributed by atoms with van der Waals surface area (Å²) < 4.78 is 4.81. The normalized spacial score (nSPS) is 14.8. The topological polar surface area (TPSA) is 63.7 Å². The summed E-state index contributed by atoms with van der Waals surface area (Å²) in [5, 5.41) is 0. The summed E-state index contributed by atoms with van der Waals surface area (Å²) in [4.78, 5) is 38.2. The van der Waals surface area contributed by atoms with E-state index in [9.17, 15) is 14.4 Å². The Bertz CT molecular complexity index is 561. The van der Waals surface area contributed by atoms with Gasteiger partial charge in [-0.3, -0.25) is 14.5 Å². The molecule has 0 aromatic heterocycles. The first-order valence-corrected chi connectivity index (χ1v) is 8.16. The highest BCUT2D eigenvalue weighted by atomic mass is 16.5. The van der Waals surface area contributed by atoms with Gasteiger partial charge in [0.05, 0.1) is 18.2 Å². The van der Waals surface area contributed by atoms with Crippen LogP contribution in [-0.2, 0) is 9.53 Å². The molecule has 5 heteroatoms. The summed E-state index contributed by atoms with van der Waals surface area (Å²) in [6.07, 6.45) is 5.58. The van der Waals surface area contributed by atoms with Gasteiger partial charge in [0.2, 0.25) is 0 Å². The molecular weight excluding hydrogens is 294 g/mol. The van der Waals surface area contributed by atoms with Gasteiger partial charge in [0.1, 0.15) is 6.04 Å². The second-order valence-corrected chi connectivity index (χ2v) is 5.77. The second kappa shape index (κ2) is 7.90. The number of methoxy groups -OCH3 is 1. The lowest BCUT2D eigenvalue weighted by Crippen LogP contribution is -2.45. The van der Waals surface area contributed by atoms with E-state index in [0.29, 0.717) is 17.5 Å². The molecule has 1 aliphatic heterocycles. The standard InChI is InChI=1S/C18H23NO4/c1-3-4-5-6-7-12-15(18(22)23-2)19-16(20)13-10-8-9-11-14(13)17(19)21/h8-11,15H,3-7,12H2,1-2H3. The van der Waals surface area contributed by atoms with Crippen molar-refractivity contribution < 1.29 is 19.1 Å². The predicted octanol–water partition coefficient (Wildman–Crippen LogP) is 3.18. The molecule has 1 atom stereocenters. The summed E-state index contributed by atoms with van der Waals surface area (Å²) in [5.74, 6) is -1.35. The third-order valence-electron chi connectivity index (χ3n) is 4.19. The van der Waals surface area contributed by atoms with Crippen LogP contribution in [0, 0.1) is 0 Å². The Balaban J connectivity index is 2.12. The van der Waals surface area contributed by atoms with Crippen LogP contribution < -0.4 is 0 Å². The number of nitrogens with zero attached hydrogens (tertiary/aromatic N) is 1. The summed E-state index contributed by atoms with van der Waals surface area (Å²) in [5.41, 5.74) is 0.717. The lowest BCUT2D eigenvalue weighted by atomic mass is 10.1. The van der Waals surface area contributed by atoms with Crippen LogP contribution in [0.1, 0.15) is 66.2 Å². The zero-order valence-electron chi connectivity index (χ0n) is 13.7. The number of ether oxygens (including phenoxy) is 1. The van der Waals surface area contributed by atoms with Gasteiger partial charge in [-0.05, 0) is 18.6 Å². The molecule has 1 aromatic carbocycles. The first kappa shape index (κ1) is 17.2. The number of carbonyl (C=O) groups excluding carboxylic acids is 3. The molecule has 23 heavy (non-hydrogen) atoms. The lowest BCUT2D eigenvalue weighted by Gasteiger charge is -2.23. The van der Waals surface area contributed by atoms with Gasteiger partial charge < -0.3 is 4.74 Å². The van der Waals surface area contributed by atoms with Crippen molar-refractivity contribution in [3.05, 3.63) is 35.4 Å². The van der Waals surface area contributed by atoms with E-state index in [1.165, 1.54) is 7.11 Å². The molecule has 2 amide bonds. The molecule has 0 fully saturated rings. The highest BCUT2D eigenvalue weighted by Crippen LogP contribution is 2.27. The third-order valence-corrected chi connectivity index (χ3v) is 4.19. The van der Waals surface area contributed by atoms with Crippen molar-refractivity contribution in [3.8, 4) is 0 Å². The molecule has 0 saturated heterocycles. The molecule has 0 spiro atoms. The largest absolute Gasteiger partial charge is 0.467 e. The maximum absolute atomic E-state index is 12.5. The highest BCUT2D eigenvalue weighted by Gasteiger charge is 2.42. The zero-order valence-corrected chi connectivity index (χ0v) is 13.7. The van der Waals surface area contributed by atoms with Gasteiger partial charge in [0, 0.05) is 0 Å². The third kappa shape index (κ3) is 3.60. The Labute approximate surface area is 136 Å². The van der Waals surface area contributed by atoms with Crippen molar-refractivity contribution in [1.82, 2.24) is 4.90 Å². The van der Waals surface area contributed by atoms with Gasteiger partial charge in [-0.1, -0.05) is 51.2 Å². The van der Waals surface area contributed by atoms with Crippen molar-refractivity contribution in [2.75, 3.05) is 7.11 Å². The van der Waals surface area contributed by atoms with E-state index in [4.69, 9.17) is 4.74 Å². The average Bonchev–Trinajstić information content (AvgIpc) is 2.82. The van der Waals surface area contributed by atoms with Crippen molar-refractivity contribution in [2.45, 2.75) is 51.5 Å². The van der Waals surface area contributed by atoms with Crippen LogP contribution in [0.15, 0.2) is 24.3 Å². The second-order valence-electron chi connectivity index (χ2n) is 5.77. The molecule has 0 saturated carbocycles. The molecule has 1 heterocycles. The monoisotopic (exact) mass is 317 g/mol. The molecule has 5 nitrogen and oxygen atoms in total. The van der Waals surface area contributed by atoms with Crippen molar-refractivity contribution in [1.29, 1.82) is 0 Å². The number of hydrogen-bond acceptors (Lipinski definition) is 4. The number of carbonyl (C=O) groups is 3. The molecule has 124 valence electrons.